The smallest absolute Gasteiger partial charge is 0.293 e. The van der Waals surface area contributed by atoms with E-state index in [0.717, 1.165) is 6.42 Å². The number of Topliss-reactive ketones (excluding diaryl/α,β-unsaturated/α-hetero) is 1. The van der Waals surface area contributed by atoms with E-state index in [9.17, 15) is 32.3 Å². The van der Waals surface area contributed by atoms with Crippen LogP contribution in [0.4, 0.5) is 18.9 Å². The van der Waals surface area contributed by atoms with Gasteiger partial charge in [0.2, 0.25) is 5.91 Å². The number of anilines is 1. The van der Waals surface area contributed by atoms with Gasteiger partial charge in [0.1, 0.15) is 17.1 Å². The summed E-state index contributed by atoms with van der Waals surface area (Å²) in [6, 6.07) is 4.30. The first-order chi connectivity index (χ1) is 16.9. The second kappa shape index (κ2) is 7.94. The van der Waals surface area contributed by atoms with Crippen LogP contribution in [0.2, 0.25) is 0 Å². The maximum atomic E-state index is 14.0. The van der Waals surface area contributed by atoms with Crippen molar-refractivity contribution in [1.82, 2.24) is 15.2 Å². The molecule has 0 bridgehead atoms. The van der Waals surface area contributed by atoms with Gasteiger partial charge in [0.15, 0.2) is 0 Å². The van der Waals surface area contributed by atoms with Crippen LogP contribution in [-0.4, -0.2) is 46.6 Å². The molecule has 3 aliphatic rings. The number of nitrogens with one attached hydrogen (secondary N) is 3. The lowest BCUT2D eigenvalue weighted by Crippen LogP contribution is -2.69. The lowest BCUT2D eigenvalue weighted by molar-refractivity contribution is -0.164. The fourth-order valence-electron chi connectivity index (χ4n) is 5.56. The fourth-order valence-corrected chi connectivity index (χ4v) is 5.56. The molecule has 36 heavy (non-hydrogen) atoms. The number of aromatic nitrogens is 1. The highest BCUT2D eigenvalue weighted by Gasteiger charge is 2.62. The first kappa shape index (κ1) is 24.1. The first-order valence-corrected chi connectivity index (χ1v) is 11.7. The predicted octanol–water partition coefficient (Wildman–Crippen LogP) is 2.83. The Kier molecular flexibility index (Phi) is 5.31. The molecule has 8 nitrogen and oxygen atoms in total. The van der Waals surface area contributed by atoms with Crippen molar-refractivity contribution in [2.45, 2.75) is 57.0 Å². The molecule has 3 amide bonds. The SMILES string of the molecule is CNC(=O)C1(NC(=O)C(=O)c2c(C)c(C(=O)Nc3ccc(C)c(F)c3)n3c2C[C@H]2C[C@H]23)CC(F)(F)C1. The number of amides is 3. The van der Waals surface area contributed by atoms with Crippen molar-refractivity contribution >= 4 is 29.2 Å². The van der Waals surface area contributed by atoms with Crippen LogP contribution >= 0.6 is 0 Å². The third kappa shape index (κ3) is 3.68. The standard InChI is InChI=1S/C25H25F3N4O4/c1-11-4-5-14(8-15(11)26)30-21(34)19-12(2)18(17-7-13-6-16(13)32(17)19)20(33)22(35)31-24(23(36)29-3)9-25(27,28)10-24/h4-5,8,13,16H,6-7,9-10H2,1-3H3,(H,29,36)(H,30,34)(H,31,35)/t13-,16-/m1/s1. The minimum atomic E-state index is -3.13. The number of aryl methyl sites for hydroxylation is 1. The number of hydrogen-bond acceptors (Lipinski definition) is 4. The molecule has 2 aromatic rings. The molecule has 0 saturated heterocycles. The molecule has 0 radical (unpaired) electrons. The van der Waals surface area contributed by atoms with E-state index >= 15 is 0 Å². The Hall–Kier alpha value is -3.63. The number of carbonyl (C=O) groups excluding carboxylic acids is 4. The van der Waals surface area contributed by atoms with Crippen LogP contribution in [0.15, 0.2) is 18.2 Å². The molecule has 1 aromatic heterocycles. The highest BCUT2D eigenvalue weighted by Crippen LogP contribution is 2.54. The molecule has 2 atom stereocenters. The fraction of sp³-hybridized carbons (Fsp3) is 0.440. The number of hydrogen-bond donors (Lipinski definition) is 3. The summed E-state index contributed by atoms with van der Waals surface area (Å²) < 4.78 is 43.0. The Balaban J connectivity index is 1.45. The molecule has 190 valence electrons. The molecule has 1 aromatic carbocycles. The Morgan fingerprint density at radius 2 is 1.81 bits per heavy atom. The minimum Gasteiger partial charge on any atom is -0.357 e. The van der Waals surface area contributed by atoms with E-state index in [1.54, 1.807) is 24.5 Å². The molecule has 2 saturated carbocycles. The molecule has 2 aliphatic carbocycles. The van der Waals surface area contributed by atoms with Crippen molar-refractivity contribution in [3.8, 4) is 0 Å². The number of halogens is 3. The van der Waals surface area contributed by atoms with Crippen LogP contribution in [0.25, 0.3) is 0 Å². The summed E-state index contributed by atoms with van der Waals surface area (Å²) in [5.74, 6) is -6.90. The van der Waals surface area contributed by atoms with E-state index in [2.05, 4.69) is 16.0 Å². The van der Waals surface area contributed by atoms with Gasteiger partial charge in [-0.3, -0.25) is 19.2 Å². The van der Waals surface area contributed by atoms with E-state index in [1.807, 2.05) is 0 Å². The van der Waals surface area contributed by atoms with E-state index in [1.165, 1.54) is 19.2 Å². The Morgan fingerprint density at radius 1 is 1.11 bits per heavy atom. The number of carbonyl (C=O) groups is 4. The Labute approximate surface area is 204 Å². The predicted molar refractivity (Wildman–Crippen MR) is 123 cm³/mol. The first-order valence-electron chi connectivity index (χ1n) is 11.7. The summed E-state index contributed by atoms with van der Waals surface area (Å²) >= 11 is 0. The van der Waals surface area contributed by atoms with Crippen molar-refractivity contribution in [2.24, 2.45) is 5.92 Å². The van der Waals surface area contributed by atoms with Gasteiger partial charge in [0.05, 0.1) is 5.56 Å². The van der Waals surface area contributed by atoms with Crippen molar-refractivity contribution in [3.63, 3.8) is 0 Å². The number of nitrogens with zero attached hydrogens (tertiary/aromatic N) is 1. The summed E-state index contributed by atoms with van der Waals surface area (Å²) in [5, 5.41) is 7.15. The molecular formula is C25H25F3N4O4. The average molecular weight is 502 g/mol. The van der Waals surface area contributed by atoms with Crippen LogP contribution in [0.5, 0.6) is 0 Å². The number of likely N-dealkylation sites (N-methyl/N-ethyl adjacent to an activating group) is 1. The number of benzene rings is 1. The topological polar surface area (TPSA) is 109 Å². The minimum absolute atomic E-state index is 0.0151. The van der Waals surface area contributed by atoms with Crippen LogP contribution in [0.3, 0.4) is 0 Å². The summed E-state index contributed by atoms with van der Waals surface area (Å²) in [6.45, 7) is 3.14. The summed E-state index contributed by atoms with van der Waals surface area (Å²) in [7, 11) is 1.26. The van der Waals surface area contributed by atoms with Gasteiger partial charge in [-0.05, 0) is 55.9 Å². The van der Waals surface area contributed by atoms with Gasteiger partial charge in [-0.15, -0.1) is 0 Å². The second-order valence-corrected chi connectivity index (χ2v) is 10.0. The molecule has 3 N–H and O–H groups in total. The quantitative estimate of drug-likeness (QED) is 0.417. The Bertz CT molecular complexity index is 1340. The third-order valence-electron chi connectivity index (χ3n) is 7.44. The van der Waals surface area contributed by atoms with Gasteiger partial charge < -0.3 is 20.5 Å². The summed E-state index contributed by atoms with van der Waals surface area (Å²) in [5.41, 5.74) is -0.171. The molecule has 2 heterocycles. The average Bonchev–Trinajstić information content (AvgIpc) is 3.37. The van der Waals surface area contributed by atoms with Crippen LogP contribution < -0.4 is 16.0 Å². The lowest BCUT2D eigenvalue weighted by Gasteiger charge is -2.45. The van der Waals surface area contributed by atoms with Crippen molar-refractivity contribution < 1.29 is 32.3 Å². The van der Waals surface area contributed by atoms with Gasteiger partial charge in [0.25, 0.3) is 23.5 Å². The second-order valence-electron chi connectivity index (χ2n) is 10.0. The molecule has 2 fully saturated rings. The maximum absolute atomic E-state index is 14.0. The molecule has 0 spiro atoms. The largest absolute Gasteiger partial charge is 0.357 e. The van der Waals surface area contributed by atoms with E-state index < -0.39 is 53.6 Å². The van der Waals surface area contributed by atoms with Crippen molar-refractivity contribution in [2.75, 3.05) is 12.4 Å². The van der Waals surface area contributed by atoms with Gasteiger partial charge >= 0.3 is 0 Å². The normalized spacial score (nSPS) is 22.1. The van der Waals surface area contributed by atoms with Gasteiger partial charge in [-0.2, -0.15) is 0 Å². The van der Waals surface area contributed by atoms with Crippen molar-refractivity contribution in [3.05, 3.63) is 52.1 Å². The molecule has 11 heteroatoms. The van der Waals surface area contributed by atoms with Gasteiger partial charge in [-0.1, -0.05) is 6.07 Å². The molecule has 1 aliphatic heterocycles. The molecule has 5 rings (SSSR count). The van der Waals surface area contributed by atoms with Crippen LogP contribution in [0.1, 0.15) is 63.0 Å². The highest BCUT2D eigenvalue weighted by atomic mass is 19.3. The lowest BCUT2D eigenvalue weighted by atomic mass is 9.72. The zero-order valence-corrected chi connectivity index (χ0v) is 19.9. The number of rotatable bonds is 6. The van der Waals surface area contributed by atoms with Gasteiger partial charge in [0, 0.05) is 37.3 Å². The highest BCUT2D eigenvalue weighted by molar-refractivity contribution is 6.44. The Morgan fingerprint density at radius 3 is 2.42 bits per heavy atom. The third-order valence-corrected chi connectivity index (χ3v) is 7.44. The molecular weight excluding hydrogens is 477 g/mol. The van der Waals surface area contributed by atoms with Crippen molar-refractivity contribution in [1.29, 1.82) is 0 Å². The van der Waals surface area contributed by atoms with E-state index in [-0.39, 0.29) is 34.5 Å². The number of alkyl halides is 2. The van der Waals surface area contributed by atoms with Crippen LogP contribution in [-0.2, 0) is 16.0 Å². The zero-order chi connectivity index (χ0) is 26.2. The number of fused-ring (bicyclic) bond motifs is 3. The van der Waals surface area contributed by atoms with Crippen LogP contribution in [0, 0.1) is 25.6 Å². The summed E-state index contributed by atoms with van der Waals surface area (Å²) in [4.78, 5) is 51.7. The maximum Gasteiger partial charge on any atom is 0.293 e. The zero-order valence-electron chi connectivity index (χ0n) is 19.9. The number of ketones is 1. The van der Waals surface area contributed by atoms with E-state index in [4.69, 9.17) is 0 Å². The van der Waals surface area contributed by atoms with Gasteiger partial charge in [-0.25, -0.2) is 13.2 Å². The molecule has 0 unspecified atom stereocenters. The summed E-state index contributed by atoms with van der Waals surface area (Å²) in [6.07, 6.45) is -0.493. The van der Waals surface area contributed by atoms with E-state index in [0.29, 0.717) is 17.7 Å². The monoisotopic (exact) mass is 502 g/mol.